The zero-order valence-electron chi connectivity index (χ0n) is 15.0. The van der Waals surface area contributed by atoms with Crippen molar-refractivity contribution >= 4 is 0 Å². The lowest BCUT2D eigenvalue weighted by Gasteiger charge is -2.19. The van der Waals surface area contributed by atoms with Gasteiger partial charge in [-0.1, -0.05) is 42.5 Å². The van der Waals surface area contributed by atoms with E-state index in [2.05, 4.69) is 35.2 Å². The van der Waals surface area contributed by atoms with Crippen LogP contribution in [0.15, 0.2) is 54.6 Å². The molecule has 0 unspecified atom stereocenters. The van der Waals surface area contributed by atoms with E-state index in [0.29, 0.717) is 5.75 Å². The average Bonchev–Trinajstić information content (AvgIpc) is 3.18. The van der Waals surface area contributed by atoms with Gasteiger partial charge in [-0.3, -0.25) is 0 Å². The second-order valence-electron chi connectivity index (χ2n) is 8.06. The fourth-order valence-electron chi connectivity index (χ4n) is 4.91. The monoisotopic (exact) mass is 335 g/mol. The molecule has 0 amide bonds. The topological polar surface area (TPSA) is 23.5 Å². The summed E-state index contributed by atoms with van der Waals surface area (Å²) in [6.45, 7) is 3.75. The lowest BCUT2D eigenvalue weighted by atomic mass is 9.96. The van der Waals surface area contributed by atoms with Crippen molar-refractivity contribution in [3.63, 3.8) is 0 Å². The number of aromatic hydroxyl groups is 1. The molecule has 1 saturated carbocycles. The van der Waals surface area contributed by atoms with E-state index in [4.69, 9.17) is 0 Å². The Labute approximate surface area is 151 Å². The molecule has 2 heteroatoms. The van der Waals surface area contributed by atoms with Crippen LogP contribution in [0.3, 0.4) is 0 Å². The first-order valence-electron chi connectivity index (χ1n) is 9.80. The van der Waals surface area contributed by atoms with Crippen molar-refractivity contribution in [1.82, 2.24) is 4.90 Å². The number of hydrogen-bond acceptors (Lipinski definition) is 2. The van der Waals surface area contributed by atoms with E-state index in [9.17, 15) is 5.11 Å². The molecule has 0 spiro atoms. The highest BCUT2D eigenvalue weighted by Gasteiger charge is 2.40. The molecule has 1 saturated heterocycles. The molecule has 1 N–H and O–H groups in total. The van der Waals surface area contributed by atoms with Crippen LogP contribution in [0.4, 0.5) is 0 Å². The van der Waals surface area contributed by atoms with Gasteiger partial charge in [0.05, 0.1) is 0 Å². The minimum absolute atomic E-state index is 0.362. The zero-order chi connectivity index (χ0) is 17.1. The van der Waals surface area contributed by atoms with Crippen LogP contribution in [-0.4, -0.2) is 29.6 Å². The van der Waals surface area contributed by atoms with Crippen molar-refractivity contribution in [2.24, 2.45) is 17.8 Å². The molecule has 2 fully saturated rings. The standard InChI is InChI=1S/C23H29NO/c25-23-10-8-19(9-11-23)12-13-24-16-21-14-20(15-22(21)17-24)7-6-18-4-2-1-3-5-18/h1-5,8-11,20-22,25H,6-7,12-17H2/t20-,21+,22-. The van der Waals surface area contributed by atoms with Crippen molar-refractivity contribution in [3.8, 4) is 5.75 Å². The van der Waals surface area contributed by atoms with Crippen LogP contribution in [0.25, 0.3) is 0 Å². The lowest BCUT2D eigenvalue weighted by molar-refractivity contribution is 0.298. The van der Waals surface area contributed by atoms with Crippen molar-refractivity contribution in [2.75, 3.05) is 19.6 Å². The summed E-state index contributed by atoms with van der Waals surface area (Å²) in [5, 5.41) is 9.38. The fourth-order valence-corrected chi connectivity index (χ4v) is 4.91. The Bertz CT molecular complexity index is 652. The molecular formula is C23H29NO. The molecule has 2 nitrogen and oxygen atoms in total. The number of aryl methyl sites for hydroxylation is 1. The van der Waals surface area contributed by atoms with Crippen LogP contribution in [-0.2, 0) is 12.8 Å². The summed E-state index contributed by atoms with van der Waals surface area (Å²) in [5.74, 6) is 3.16. The normalized spacial score (nSPS) is 26.0. The number of nitrogens with zero attached hydrogens (tertiary/aromatic N) is 1. The highest BCUT2D eigenvalue weighted by Crippen LogP contribution is 2.43. The molecular weight excluding hydrogens is 306 g/mol. The second kappa shape index (κ2) is 7.61. The van der Waals surface area contributed by atoms with Gasteiger partial charge in [0, 0.05) is 19.6 Å². The quantitative estimate of drug-likeness (QED) is 0.838. The van der Waals surface area contributed by atoms with Crippen LogP contribution < -0.4 is 0 Å². The van der Waals surface area contributed by atoms with Crippen LogP contribution in [0.5, 0.6) is 5.75 Å². The van der Waals surface area contributed by atoms with E-state index < -0.39 is 0 Å². The summed E-state index contributed by atoms with van der Waals surface area (Å²) < 4.78 is 0. The molecule has 4 rings (SSSR count). The van der Waals surface area contributed by atoms with Gasteiger partial charge in [-0.2, -0.15) is 0 Å². The smallest absolute Gasteiger partial charge is 0.115 e. The maximum atomic E-state index is 9.38. The molecule has 2 aliphatic rings. The SMILES string of the molecule is Oc1ccc(CCN2C[C@H]3C[C@H](CCc4ccccc4)C[C@H]3C2)cc1. The first-order valence-corrected chi connectivity index (χ1v) is 9.80. The van der Waals surface area contributed by atoms with E-state index in [1.54, 1.807) is 12.1 Å². The van der Waals surface area contributed by atoms with Crippen molar-refractivity contribution < 1.29 is 5.11 Å². The lowest BCUT2D eigenvalue weighted by Crippen LogP contribution is -2.25. The molecule has 1 aliphatic heterocycles. The first kappa shape index (κ1) is 16.7. The summed E-state index contributed by atoms with van der Waals surface area (Å²) in [5.41, 5.74) is 2.82. The van der Waals surface area contributed by atoms with Gasteiger partial charge in [0.2, 0.25) is 0 Å². The second-order valence-corrected chi connectivity index (χ2v) is 8.06. The Hall–Kier alpha value is -1.80. The Kier molecular flexibility index (Phi) is 5.07. The van der Waals surface area contributed by atoms with Gasteiger partial charge in [0.15, 0.2) is 0 Å². The number of rotatable bonds is 6. The number of hydrogen-bond donors (Lipinski definition) is 1. The Morgan fingerprint density at radius 3 is 2.12 bits per heavy atom. The van der Waals surface area contributed by atoms with E-state index in [1.807, 2.05) is 12.1 Å². The maximum absolute atomic E-state index is 9.38. The van der Waals surface area contributed by atoms with E-state index in [0.717, 1.165) is 30.7 Å². The predicted molar refractivity (Wildman–Crippen MR) is 103 cm³/mol. The largest absolute Gasteiger partial charge is 0.508 e. The minimum atomic E-state index is 0.362. The Balaban J connectivity index is 1.20. The third-order valence-electron chi connectivity index (χ3n) is 6.26. The van der Waals surface area contributed by atoms with Crippen molar-refractivity contribution in [1.29, 1.82) is 0 Å². The molecule has 3 atom stereocenters. The Morgan fingerprint density at radius 1 is 0.800 bits per heavy atom. The third-order valence-corrected chi connectivity index (χ3v) is 6.26. The van der Waals surface area contributed by atoms with Gasteiger partial charge in [-0.15, -0.1) is 0 Å². The van der Waals surface area contributed by atoms with Gasteiger partial charge in [0.1, 0.15) is 5.75 Å². The predicted octanol–water partition coefficient (Wildman–Crippen LogP) is 4.53. The molecule has 0 radical (unpaired) electrons. The van der Waals surface area contributed by atoms with E-state index >= 15 is 0 Å². The van der Waals surface area contributed by atoms with Crippen LogP contribution in [0.2, 0.25) is 0 Å². The number of likely N-dealkylation sites (tertiary alicyclic amines) is 1. The minimum Gasteiger partial charge on any atom is -0.508 e. The summed E-state index contributed by atoms with van der Waals surface area (Å²) in [6.07, 6.45) is 6.58. The maximum Gasteiger partial charge on any atom is 0.115 e. The average molecular weight is 335 g/mol. The summed E-state index contributed by atoms with van der Waals surface area (Å²) in [6, 6.07) is 18.6. The number of phenolic OH excluding ortho intramolecular Hbond substituents is 1. The van der Waals surface area contributed by atoms with Gasteiger partial charge in [-0.05, 0) is 73.1 Å². The molecule has 25 heavy (non-hydrogen) atoms. The summed E-state index contributed by atoms with van der Waals surface area (Å²) >= 11 is 0. The summed E-state index contributed by atoms with van der Waals surface area (Å²) in [7, 11) is 0. The summed E-state index contributed by atoms with van der Waals surface area (Å²) in [4.78, 5) is 2.66. The Morgan fingerprint density at radius 2 is 1.44 bits per heavy atom. The van der Waals surface area contributed by atoms with Crippen LogP contribution >= 0.6 is 0 Å². The molecule has 0 bridgehead atoms. The molecule has 1 aliphatic carbocycles. The third kappa shape index (κ3) is 4.24. The van der Waals surface area contributed by atoms with Crippen molar-refractivity contribution in [2.45, 2.75) is 32.1 Å². The first-order chi connectivity index (χ1) is 12.3. The van der Waals surface area contributed by atoms with Crippen LogP contribution in [0, 0.1) is 17.8 Å². The molecule has 2 aromatic rings. The van der Waals surface area contributed by atoms with E-state index in [-0.39, 0.29) is 0 Å². The fraction of sp³-hybridized carbons (Fsp3) is 0.478. The number of phenols is 1. The number of fused-ring (bicyclic) bond motifs is 1. The van der Waals surface area contributed by atoms with Gasteiger partial charge in [-0.25, -0.2) is 0 Å². The highest BCUT2D eigenvalue weighted by atomic mass is 16.3. The molecule has 132 valence electrons. The number of benzene rings is 2. The van der Waals surface area contributed by atoms with Crippen molar-refractivity contribution in [3.05, 3.63) is 65.7 Å². The molecule has 1 heterocycles. The van der Waals surface area contributed by atoms with Gasteiger partial charge >= 0.3 is 0 Å². The van der Waals surface area contributed by atoms with Gasteiger partial charge < -0.3 is 10.0 Å². The molecule has 0 aromatic heterocycles. The zero-order valence-corrected chi connectivity index (χ0v) is 15.0. The van der Waals surface area contributed by atoms with Crippen LogP contribution in [0.1, 0.15) is 30.4 Å². The van der Waals surface area contributed by atoms with E-state index in [1.165, 1.54) is 49.9 Å². The van der Waals surface area contributed by atoms with Gasteiger partial charge in [0.25, 0.3) is 0 Å². The molecule has 2 aromatic carbocycles. The highest BCUT2D eigenvalue weighted by molar-refractivity contribution is 5.26.